The predicted octanol–water partition coefficient (Wildman–Crippen LogP) is 9.88. The second kappa shape index (κ2) is 27.8. The van der Waals surface area contributed by atoms with Gasteiger partial charge in [0.05, 0.1) is 76.6 Å². The highest BCUT2D eigenvalue weighted by molar-refractivity contribution is 5.18. The van der Waals surface area contributed by atoms with E-state index in [2.05, 4.69) is 40.1 Å². The van der Waals surface area contributed by atoms with Gasteiger partial charge in [0.1, 0.15) is 42.7 Å². The molecule has 2 saturated heterocycles. The molecule has 2 heterocycles. The van der Waals surface area contributed by atoms with Crippen molar-refractivity contribution in [1.82, 2.24) is 0 Å². The van der Waals surface area contributed by atoms with Gasteiger partial charge in [0.15, 0.2) is 12.6 Å². The van der Waals surface area contributed by atoms with Crippen LogP contribution in [-0.2, 0) is 75.7 Å². The van der Waals surface area contributed by atoms with Crippen LogP contribution in [0.4, 0.5) is 0 Å². The SMILES string of the molecule is [N-]=[N+]=NC[C@H]1O[C@H](O[C@H]2[C@H](O)[C@@H](O[C@H]3OC[C@@H](OCc4ccccc4)[C@H](OCc4ccccc4)[C@H]3OCc3ccccc3)[C@H](N=[N+]=[N-])C[C@@H]2N=[N+]=[N-])[C@H](N=[N+]=[N-])[C@@H](OCc2ccccc2)[C@@H]1OCc1ccccc1. The molecule has 74 heavy (non-hydrogen) atoms. The van der Waals surface area contributed by atoms with Crippen LogP contribution in [0.2, 0.25) is 0 Å². The quantitative estimate of drug-likeness (QED) is 0.0346. The molecule has 2 aliphatic heterocycles. The molecule has 1 aliphatic carbocycles. The average molecular weight is 1010 g/mol. The lowest BCUT2D eigenvalue weighted by Crippen LogP contribution is -2.64. The van der Waals surface area contributed by atoms with Crippen molar-refractivity contribution in [2.75, 3.05) is 13.2 Å². The van der Waals surface area contributed by atoms with E-state index in [1.165, 1.54) is 0 Å². The molecule has 8 rings (SSSR count). The predicted molar refractivity (Wildman–Crippen MR) is 267 cm³/mol. The number of rotatable bonds is 24. The Morgan fingerprint density at radius 1 is 0.459 bits per heavy atom. The van der Waals surface area contributed by atoms with Crippen LogP contribution in [0, 0.1) is 0 Å². The second-order valence-electron chi connectivity index (χ2n) is 17.7. The first-order valence-electron chi connectivity index (χ1n) is 24.1. The largest absolute Gasteiger partial charge is 0.388 e. The summed E-state index contributed by atoms with van der Waals surface area (Å²) in [5.41, 5.74) is 43.7. The Balaban J connectivity index is 1.11. The fraction of sp³-hybridized carbons (Fsp3) is 0.423. The van der Waals surface area contributed by atoms with E-state index in [0.717, 1.165) is 27.8 Å². The van der Waals surface area contributed by atoms with Crippen molar-refractivity contribution in [2.45, 2.75) is 125 Å². The summed E-state index contributed by atoms with van der Waals surface area (Å²) in [5, 5.41) is 28.6. The van der Waals surface area contributed by atoms with E-state index in [9.17, 15) is 27.2 Å². The van der Waals surface area contributed by atoms with Crippen molar-refractivity contribution in [3.63, 3.8) is 0 Å². The minimum Gasteiger partial charge on any atom is -0.388 e. The minimum atomic E-state index is -1.74. The first-order chi connectivity index (χ1) is 36.5. The van der Waals surface area contributed by atoms with Crippen molar-refractivity contribution in [3.8, 4) is 0 Å². The molecule has 5 aromatic rings. The molecule has 1 N–H and O–H groups in total. The zero-order chi connectivity index (χ0) is 51.3. The molecular formula is C52H56N12O10. The number of azide groups is 4. The van der Waals surface area contributed by atoms with Crippen molar-refractivity contribution >= 4 is 0 Å². The third-order valence-electron chi connectivity index (χ3n) is 12.9. The highest BCUT2D eigenvalue weighted by Crippen LogP contribution is 2.38. The van der Waals surface area contributed by atoms with Gasteiger partial charge in [-0.3, -0.25) is 0 Å². The number of nitrogens with zero attached hydrogens (tertiary/aromatic N) is 12. The molecule has 0 amide bonds. The topological polar surface area (TPSA) is 298 Å². The normalized spacial score (nSPS) is 28.6. The maximum Gasteiger partial charge on any atom is 0.186 e. The summed E-state index contributed by atoms with van der Waals surface area (Å²) in [5.74, 6) is 0. The zero-order valence-electron chi connectivity index (χ0n) is 40.2. The molecule has 22 heteroatoms. The third kappa shape index (κ3) is 14.4. The van der Waals surface area contributed by atoms with Crippen molar-refractivity contribution in [2.24, 2.45) is 20.5 Å². The van der Waals surface area contributed by atoms with E-state index < -0.39 is 85.6 Å². The minimum absolute atomic E-state index is 0.0351. The molecule has 0 radical (unpaired) electrons. The monoisotopic (exact) mass is 1010 g/mol. The number of benzene rings is 5. The molecular weight excluding hydrogens is 953 g/mol. The highest BCUT2D eigenvalue weighted by Gasteiger charge is 2.54. The number of ether oxygens (including phenoxy) is 9. The Kier molecular flexibility index (Phi) is 20.0. The molecule has 14 atom stereocenters. The van der Waals surface area contributed by atoms with E-state index in [1.54, 1.807) is 0 Å². The number of aliphatic hydroxyl groups is 1. The van der Waals surface area contributed by atoms with Crippen LogP contribution in [-0.4, -0.2) is 104 Å². The van der Waals surface area contributed by atoms with Gasteiger partial charge in [-0.15, -0.1) is 0 Å². The maximum absolute atomic E-state index is 12.6. The average Bonchev–Trinajstić information content (AvgIpc) is 3.44. The van der Waals surface area contributed by atoms with E-state index >= 15 is 0 Å². The van der Waals surface area contributed by atoms with Gasteiger partial charge in [-0.25, -0.2) is 0 Å². The lowest BCUT2D eigenvalue weighted by molar-refractivity contribution is -0.330. The Hall–Kier alpha value is -7.06. The summed E-state index contributed by atoms with van der Waals surface area (Å²) >= 11 is 0. The molecule has 3 aliphatic rings. The lowest BCUT2D eigenvalue weighted by atomic mass is 9.84. The number of hydrogen-bond donors (Lipinski definition) is 1. The lowest BCUT2D eigenvalue weighted by Gasteiger charge is -2.49. The molecule has 22 nitrogen and oxygen atoms in total. The van der Waals surface area contributed by atoms with Gasteiger partial charge in [-0.2, -0.15) is 0 Å². The summed E-state index contributed by atoms with van der Waals surface area (Å²) in [6.45, 7) is 0.326. The summed E-state index contributed by atoms with van der Waals surface area (Å²) in [4.78, 5) is 12.3. The zero-order valence-corrected chi connectivity index (χ0v) is 40.2. The fourth-order valence-electron chi connectivity index (χ4n) is 9.24. The van der Waals surface area contributed by atoms with Gasteiger partial charge in [0, 0.05) is 19.6 Å². The van der Waals surface area contributed by atoms with Crippen molar-refractivity contribution in [3.05, 3.63) is 221 Å². The highest BCUT2D eigenvalue weighted by atomic mass is 16.7. The van der Waals surface area contributed by atoms with Crippen molar-refractivity contribution < 1.29 is 47.7 Å². The number of hydrogen-bond acceptors (Lipinski definition) is 14. The Morgan fingerprint density at radius 3 is 1.31 bits per heavy atom. The van der Waals surface area contributed by atoms with E-state index in [-0.39, 0.29) is 52.6 Å². The molecule has 384 valence electrons. The summed E-state index contributed by atoms with van der Waals surface area (Å²) < 4.78 is 59.3. The maximum atomic E-state index is 12.6. The molecule has 3 fully saturated rings. The summed E-state index contributed by atoms with van der Waals surface area (Å²) in [7, 11) is 0. The Labute approximate surface area is 426 Å². The van der Waals surface area contributed by atoms with Crippen LogP contribution in [0.1, 0.15) is 34.2 Å². The molecule has 0 aromatic heterocycles. The van der Waals surface area contributed by atoms with Gasteiger partial charge >= 0.3 is 0 Å². The summed E-state index contributed by atoms with van der Waals surface area (Å²) in [6, 6.07) is 43.7. The fourth-order valence-corrected chi connectivity index (χ4v) is 9.24. The van der Waals surface area contributed by atoms with Crippen molar-refractivity contribution in [1.29, 1.82) is 0 Å². The van der Waals surface area contributed by atoms with Crippen LogP contribution in [0.25, 0.3) is 41.8 Å². The van der Waals surface area contributed by atoms with E-state index in [1.807, 2.05) is 152 Å². The van der Waals surface area contributed by atoms with Gasteiger partial charge < -0.3 is 47.7 Å². The molecule has 1 saturated carbocycles. The van der Waals surface area contributed by atoms with Crippen LogP contribution < -0.4 is 0 Å². The molecule has 0 unspecified atom stereocenters. The van der Waals surface area contributed by atoms with Gasteiger partial charge in [-0.05, 0) is 56.4 Å². The first kappa shape index (κ1) is 53.2. The number of aliphatic hydroxyl groups excluding tert-OH is 1. The smallest absolute Gasteiger partial charge is 0.186 e. The van der Waals surface area contributed by atoms with E-state index in [0.29, 0.717) is 0 Å². The Morgan fingerprint density at radius 2 is 0.865 bits per heavy atom. The summed E-state index contributed by atoms with van der Waals surface area (Å²) in [6.07, 6.45) is -13.3. The van der Waals surface area contributed by atoms with E-state index in [4.69, 9.17) is 42.6 Å². The van der Waals surface area contributed by atoms with Crippen LogP contribution in [0.15, 0.2) is 172 Å². The third-order valence-corrected chi connectivity index (χ3v) is 12.9. The molecule has 0 bridgehead atoms. The van der Waals surface area contributed by atoms with Crippen LogP contribution in [0.5, 0.6) is 0 Å². The Bertz CT molecular complexity index is 2690. The van der Waals surface area contributed by atoms with Gasteiger partial charge in [-0.1, -0.05) is 172 Å². The first-order valence-corrected chi connectivity index (χ1v) is 24.1. The standard InChI is InChI=1S/C52H56N12O10/c53-61-57-27-41-47(67-29-35-18-8-2-9-19-35)49(69-31-37-22-12-4-13-23-37)43(60-64-56)51(72-41)73-45-39(58-62-54)26-40(59-63-55)46(44(45)65)74-52-50(70-32-38-24-14-5-15-25-38)48(68-30-36-20-10-3-11-21-36)42(33-71-52)66-28-34-16-6-1-7-17-34/h1-25,39-52,65H,26-33H2/t39-,40+,41+,42+,43+,44-,45+,46-,47+,48-,49+,50+,51+,52+/m0/s1. The molecule has 0 spiro atoms. The van der Waals surface area contributed by atoms with Crippen LogP contribution >= 0.6 is 0 Å². The molecule has 5 aromatic carbocycles. The second-order valence-corrected chi connectivity index (χ2v) is 17.7. The van der Waals surface area contributed by atoms with Crippen LogP contribution in [0.3, 0.4) is 0 Å². The van der Waals surface area contributed by atoms with Gasteiger partial charge in [0.25, 0.3) is 0 Å². The van der Waals surface area contributed by atoms with Gasteiger partial charge in [0.2, 0.25) is 0 Å².